The van der Waals surface area contributed by atoms with Crippen LogP contribution in [0.5, 0.6) is 0 Å². The molecular formula is C12H17N5O. The summed E-state index contributed by atoms with van der Waals surface area (Å²) in [4.78, 5) is 4.45. The normalized spacial score (nSPS) is 18.4. The molecule has 96 valence electrons. The quantitative estimate of drug-likeness (QED) is 0.869. The zero-order valence-corrected chi connectivity index (χ0v) is 10.7. The highest BCUT2D eigenvalue weighted by Crippen LogP contribution is 2.35. The van der Waals surface area contributed by atoms with Crippen LogP contribution in [0.3, 0.4) is 0 Å². The number of nitrogens with two attached hydrogens (primary N) is 1. The van der Waals surface area contributed by atoms with Crippen LogP contribution >= 0.6 is 0 Å². The lowest BCUT2D eigenvalue weighted by atomic mass is 9.99. The highest BCUT2D eigenvalue weighted by molar-refractivity contribution is 5.54. The SMILES string of the molecule is Cc1nn(C)cc1-c1nc(C2(N)CCCC2)no1. The van der Waals surface area contributed by atoms with E-state index < -0.39 is 5.54 Å². The van der Waals surface area contributed by atoms with E-state index in [1.54, 1.807) is 4.68 Å². The molecule has 2 aromatic heterocycles. The molecule has 0 amide bonds. The van der Waals surface area contributed by atoms with Crippen molar-refractivity contribution in [3.63, 3.8) is 0 Å². The first-order valence-corrected chi connectivity index (χ1v) is 6.22. The number of aryl methyl sites for hydroxylation is 2. The fourth-order valence-electron chi connectivity index (χ4n) is 2.57. The molecule has 2 aromatic rings. The van der Waals surface area contributed by atoms with E-state index in [4.69, 9.17) is 10.3 Å². The van der Waals surface area contributed by atoms with E-state index in [1.165, 1.54) is 0 Å². The smallest absolute Gasteiger partial charge is 0.261 e. The third-order valence-corrected chi connectivity index (χ3v) is 3.61. The Bertz CT molecular complexity index is 565. The van der Waals surface area contributed by atoms with Crippen molar-refractivity contribution >= 4 is 0 Å². The lowest BCUT2D eigenvalue weighted by Gasteiger charge is -2.17. The summed E-state index contributed by atoms with van der Waals surface area (Å²) in [6.45, 7) is 1.92. The van der Waals surface area contributed by atoms with E-state index in [9.17, 15) is 0 Å². The van der Waals surface area contributed by atoms with Gasteiger partial charge in [0.1, 0.15) is 0 Å². The van der Waals surface area contributed by atoms with E-state index in [0.29, 0.717) is 11.7 Å². The molecule has 0 saturated heterocycles. The van der Waals surface area contributed by atoms with Crippen molar-refractivity contribution in [2.75, 3.05) is 0 Å². The zero-order chi connectivity index (χ0) is 12.8. The molecule has 0 spiro atoms. The molecule has 1 aliphatic carbocycles. The van der Waals surface area contributed by atoms with Crippen LogP contribution in [0.1, 0.15) is 37.2 Å². The Morgan fingerprint density at radius 1 is 1.39 bits per heavy atom. The fraction of sp³-hybridized carbons (Fsp3) is 0.583. The van der Waals surface area contributed by atoms with Crippen LogP contribution in [-0.4, -0.2) is 19.9 Å². The summed E-state index contributed by atoms with van der Waals surface area (Å²) in [6, 6.07) is 0. The van der Waals surface area contributed by atoms with E-state index in [2.05, 4.69) is 15.2 Å². The van der Waals surface area contributed by atoms with Crippen molar-refractivity contribution in [2.45, 2.75) is 38.1 Å². The highest BCUT2D eigenvalue weighted by Gasteiger charge is 2.36. The lowest BCUT2D eigenvalue weighted by Crippen LogP contribution is -2.34. The van der Waals surface area contributed by atoms with Gasteiger partial charge in [-0.15, -0.1) is 0 Å². The first-order chi connectivity index (χ1) is 8.58. The summed E-state index contributed by atoms with van der Waals surface area (Å²) in [6.07, 6.45) is 6.00. The van der Waals surface area contributed by atoms with Crippen molar-refractivity contribution in [3.05, 3.63) is 17.7 Å². The van der Waals surface area contributed by atoms with Crippen LogP contribution < -0.4 is 5.73 Å². The second-order valence-electron chi connectivity index (χ2n) is 5.09. The summed E-state index contributed by atoms with van der Waals surface area (Å²) in [5, 5.41) is 8.32. The summed E-state index contributed by atoms with van der Waals surface area (Å²) in [5.74, 6) is 1.13. The van der Waals surface area contributed by atoms with Gasteiger partial charge in [-0.2, -0.15) is 10.1 Å². The summed E-state index contributed by atoms with van der Waals surface area (Å²) in [7, 11) is 1.87. The maximum Gasteiger partial charge on any atom is 0.261 e. The number of hydrogen-bond acceptors (Lipinski definition) is 5. The molecule has 2 heterocycles. The van der Waals surface area contributed by atoms with Gasteiger partial charge in [0.2, 0.25) is 0 Å². The van der Waals surface area contributed by atoms with Crippen molar-refractivity contribution < 1.29 is 4.52 Å². The van der Waals surface area contributed by atoms with Crippen molar-refractivity contribution in [2.24, 2.45) is 12.8 Å². The number of nitrogens with zero attached hydrogens (tertiary/aromatic N) is 4. The minimum atomic E-state index is -0.405. The molecule has 2 N–H and O–H groups in total. The van der Waals surface area contributed by atoms with Gasteiger partial charge >= 0.3 is 0 Å². The summed E-state index contributed by atoms with van der Waals surface area (Å²) >= 11 is 0. The maximum absolute atomic E-state index is 6.31. The van der Waals surface area contributed by atoms with E-state index in [0.717, 1.165) is 36.9 Å². The fourth-order valence-corrected chi connectivity index (χ4v) is 2.57. The Kier molecular flexibility index (Phi) is 2.48. The van der Waals surface area contributed by atoms with Crippen LogP contribution in [0.25, 0.3) is 11.5 Å². The lowest BCUT2D eigenvalue weighted by molar-refractivity contribution is 0.372. The Hall–Kier alpha value is -1.69. The third kappa shape index (κ3) is 1.73. The largest absolute Gasteiger partial charge is 0.334 e. The standard InChI is InChI=1S/C12H17N5O/c1-8-9(7-17(2)15-8)10-14-11(16-18-10)12(13)5-3-4-6-12/h7H,3-6,13H2,1-2H3. The predicted molar refractivity (Wildman–Crippen MR) is 65.6 cm³/mol. The monoisotopic (exact) mass is 247 g/mol. The van der Waals surface area contributed by atoms with E-state index in [1.807, 2.05) is 20.2 Å². The van der Waals surface area contributed by atoms with Gasteiger partial charge in [-0.05, 0) is 19.8 Å². The first-order valence-electron chi connectivity index (χ1n) is 6.22. The van der Waals surface area contributed by atoms with Crippen LogP contribution in [0.15, 0.2) is 10.7 Å². The second-order valence-corrected chi connectivity index (χ2v) is 5.09. The molecule has 0 aromatic carbocycles. The molecule has 1 fully saturated rings. The number of hydrogen-bond donors (Lipinski definition) is 1. The van der Waals surface area contributed by atoms with Crippen molar-refractivity contribution in [3.8, 4) is 11.5 Å². The third-order valence-electron chi connectivity index (χ3n) is 3.61. The minimum Gasteiger partial charge on any atom is -0.334 e. The molecule has 3 rings (SSSR count). The second kappa shape index (κ2) is 3.91. The Morgan fingerprint density at radius 3 is 2.72 bits per heavy atom. The molecule has 0 unspecified atom stereocenters. The van der Waals surface area contributed by atoms with Gasteiger partial charge in [0.15, 0.2) is 5.82 Å². The van der Waals surface area contributed by atoms with Crippen molar-refractivity contribution in [1.82, 2.24) is 19.9 Å². The van der Waals surface area contributed by atoms with Crippen LogP contribution in [0.4, 0.5) is 0 Å². The van der Waals surface area contributed by atoms with Gasteiger partial charge in [0.25, 0.3) is 5.89 Å². The van der Waals surface area contributed by atoms with Gasteiger partial charge in [0.05, 0.1) is 16.8 Å². The molecule has 0 atom stereocenters. The molecule has 6 nitrogen and oxygen atoms in total. The molecule has 0 aliphatic heterocycles. The number of aromatic nitrogens is 4. The maximum atomic E-state index is 6.31. The molecular weight excluding hydrogens is 230 g/mol. The molecule has 0 bridgehead atoms. The average molecular weight is 247 g/mol. The molecule has 18 heavy (non-hydrogen) atoms. The molecule has 6 heteroatoms. The molecule has 0 radical (unpaired) electrons. The first kappa shape index (κ1) is 11.4. The Morgan fingerprint density at radius 2 is 2.11 bits per heavy atom. The van der Waals surface area contributed by atoms with Gasteiger partial charge in [-0.1, -0.05) is 18.0 Å². The van der Waals surface area contributed by atoms with Crippen LogP contribution in [0, 0.1) is 6.92 Å². The Labute approximate surface area is 105 Å². The van der Waals surface area contributed by atoms with Gasteiger partial charge < -0.3 is 10.3 Å². The average Bonchev–Trinajstić information content (AvgIpc) is 2.99. The van der Waals surface area contributed by atoms with Gasteiger partial charge in [-0.3, -0.25) is 4.68 Å². The predicted octanol–water partition coefficient (Wildman–Crippen LogP) is 1.51. The van der Waals surface area contributed by atoms with E-state index in [-0.39, 0.29) is 0 Å². The Balaban J connectivity index is 1.96. The van der Waals surface area contributed by atoms with Crippen molar-refractivity contribution in [1.29, 1.82) is 0 Å². The molecule has 1 saturated carbocycles. The van der Waals surface area contributed by atoms with Gasteiger partial charge in [-0.25, -0.2) is 0 Å². The topological polar surface area (TPSA) is 82.8 Å². The van der Waals surface area contributed by atoms with Crippen LogP contribution in [0.2, 0.25) is 0 Å². The zero-order valence-electron chi connectivity index (χ0n) is 10.7. The summed E-state index contributed by atoms with van der Waals surface area (Å²) in [5.41, 5.74) is 7.66. The number of rotatable bonds is 2. The van der Waals surface area contributed by atoms with Gasteiger partial charge in [0, 0.05) is 13.2 Å². The highest BCUT2D eigenvalue weighted by atomic mass is 16.5. The molecule has 1 aliphatic rings. The summed E-state index contributed by atoms with van der Waals surface area (Å²) < 4.78 is 7.07. The van der Waals surface area contributed by atoms with E-state index >= 15 is 0 Å². The van der Waals surface area contributed by atoms with Crippen LogP contribution in [-0.2, 0) is 12.6 Å². The minimum absolute atomic E-state index is 0.405.